The number of halogens is 1. The van der Waals surface area contributed by atoms with Gasteiger partial charge in [0.05, 0.1) is 19.8 Å². The fraction of sp³-hybridized carbons (Fsp3) is 0.409. The number of benzene rings is 2. The highest BCUT2D eigenvalue weighted by Gasteiger charge is 2.26. The molecule has 1 aliphatic heterocycles. The fourth-order valence-corrected chi connectivity index (χ4v) is 3.88. The van der Waals surface area contributed by atoms with Crippen molar-refractivity contribution in [3.05, 3.63) is 64.7 Å². The topological polar surface area (TPSA) is 61.8 Å². The highest BCUT2D eigenvalue weighted by atomic mass is 35.5. The van der Waals surface area contributed by atoms with Crippen LogP contribution >= 0.6 is 11.6 Å². The van der Waals surface area contributed by atoms with Gasteiger partial charge in [0.25, 0.3) is 0 Å². The molecule has 1 aliphatic rings. The Labute approximate surface area is 171 Å². The molecule has 0 aromatic heterocycles. The van der Waals surface area contributed by atoms with Gasteiger partial charge in [-0.15, -0.1) is 0 Å². The first kappa shape index (κ1) is 20.6. The Morgan fingerprint density at radius 3 is 2.64 bits per heavy atom. The van der Waals surface area contributed by atoms with Gasteiger partial charge >= 0.3 is 0 Å². The molecule has 150 valence electrons. The Kier molecular flexibility index (Phi) is 7.31. The third-order valence-corrected chi connectivity index (χ3v) is 5.54. The van der Waals surface area contributed by atoms with E-state index in [4.69, 9.17) is 16.3 Å². The number of carbonyl (C=O) groups is 1. The summed E-state index contributed by atoms with van der Waals surface area (Å²) in [5.74, 6) is 0.918. The minimum absolute atomic E-state index is 0.0240. The van der Waals surface area contributed by atoms with Crippen molar-refractivity contribution in [3.8, 4) is 5.75 Å². The summed E-state index contributed by atoms with van der Waals surface area (Å²) < 4.78 is 5.31. The average Bonchev–Trinajstić information content (AvgIpc) is 2.73. The zero-order valence-corrected chi connectivity index (χ0v) is 16.9. The third kappa shape index (κ3) is 5.47. The van der Waals surface area contributed by atoms with Crippen LogP contribution in [0.25, 0.3) is 0 Å². The molecule has 0 bridgehead atoms. The maximum absolute atomic E-state index is 12.3. The van der Waals surface area contributed by atoms with Crippen LogP contribution in [0.4, 0.5) is 0 Å². The predicted molar refractivity (Wildman–Crippen MR) is 110 cm³/mol. The number of carbonyl (C=O) groups excluding carboxylic acids is 1. The molecule has 2 N–H and O–H groups in total. The monoisotopic (exact) mass is 402 g/mol. The van der Waals surface area contributed by atoms with Crippen LogP contribution in [0.1, 0.15) is 30.1 Å². The van der Waals surface area contributed by atoms with Gasteiger partial charge in [0.1, 0.15) is 5.75 Å². The minimum atomic E-state index is -0.438. The van der Waals surface area contributed by atoms with Gasteiger partial charge in [-0.1, -0.05) is 41.9 Å². The predicted octanol–water partition coefficient (Wildman–Crippen LogP) is 3.41. The molecule has 1 saturated heterocycles. The van der Waals surface area contributed by atoms with Crippen molar-refractivity contribution >= 4 is 17.5 Å². The molecular weight excluding hydrogens is 376 g/mol. The number of methoxy groups -OCH3 is 1. The van der Waals surface area contributed by atoms with E-state index in [1.54, 1.807) is 25.3 Å². The van der Waals surface area contributed by atoms with Crippen molar-refractivity contribution < 1.29 is 14.6 Å². The lowest BCUT2D eigenvalue weighted by Crippen LogP contribution is -2.42. The molecule has 0 aliphatic carbocycles. The fourth-order valence-electron chi connectivity index (χ4n) is 3.69. The van der Waals surface area contributed by atoms with Crippen LogP contribution in [0.2, 0.25) is 5.02 Å². The van der Waals surface area contributed by atoms with Gasteiger partial charge in [0.2, 0.25) is 5.91 Å². The Bertz CT molecular complexity index is 777. The summed E-state index contributed by atoms with van der Waals surface area (Å²) in [5.41, 5.74) is 1.82. The first-order valence-electron chi connectivity index (χ1n) is 9.61. The molecule has 28 heavy (non-hydrogen) atoms. The maximum atomic E-state index is 12.3. The molecule has 1 heterocycles. The number of rotatable bonds is 7. The highest BCUT2D eigenvalue weighted by molar-refractivity contribution is 6.30. The van der Waals surface area contributed by atoms with E-state index in [0.717, 1.165) is 37.1 Å². The molecule has 6 heteroatoms. The van der Waals surface area contributed by atoms with Crippen molar-refractivity contribution in [1.29, 1.82) is 0 Å². The zero-order valence-electron chi connectivity index (χ0n) is 16.1. The standard InChI is InChI=1S/C22H27ClN2O3/c1-28-20-8-7-19(23)13-18(20)14-24-21(26)15-25-11-9-17(10-12-25)22(27)16-5-3-2-4-6-16/h2-8,13,17,22,27H,9-12,14-15H2,1H3,(H,24,26). The Balaban J connectivity index is 1.44. The van der Waals surface area contributed by atoms with Crippen molar-refractivity contribution in [2.45, 2.75) is 25.5 Å². The largest absolute Gasteiger partial charge is 0.496 e. The molecule has 1 atom stereocenters. The molecule has 2 aromatic carbocycles. The van der Waals surface area contributed by atoms with E-state index in [2.05, 4.69) is 10.2 Å². The molecule has 0 saturated carbocycles. The summed E-state index contributed by atoms with van der Waals surface area (Å²) in [7, 11) is 1.60. The Morgan fingerprint density at radius 2 is 1.96 bits per heavy atom. The van der Waals surface area contributed by atoms with E-state index in [1.165, 1.54) is 0 Å². The van der Waals surface area contributed by atoms with Crippen LogP contribution in [0.3, 0.4) is 0 Å². The third-order valence-electron chi connectivity index (χ3n) is 5.31. The molecule has 1 unspecified atom stereocenters. The van der Waals surface area contributed by atoms with Crippen molar-refractivity contribution in [1.82, 2.24) is 10.2 Å². The van der Waals surface area contributed by atoms with E-state index in [0.29, 0.717) is 23.9 Å². The molecule has 3 rings (SSSR count). The quantitative estimate of drug-likeness (QED) is 0.745. The molecule has 5 nitrogen and oxygen atoms in total. The highest BCUT2D eigenvalue weighted by Crippen LogP contribution is 2.30. The van der Waals surface area contributed by atoms with Crippen LogP contribution in [0.5, 0.6) is 5.75 Å². The average molecular weight is 403 g/mol. The van der Waals surface area contributed by atoms with Gasteiger partial charge in [-0.3, -0.25) is 9.69 Å². The van der Waals surface area contributed by atoms with E-state index >= 15 is 0 Å². The normalized spacial score (nSPS) is 16.5. The lowest BCUT2D eigenvalue weighted by molar-refractivity contribution is -0.122. The maximum Gasteiger partial charge on any atom is 0.234 e. The van der Waals surface area contributed by atoms with Crippen molar-refractivity contribution in [2.24, 2.45) is 5.92 Å². The van der Waals surface area contributed by atoms with Gasteiger partial charge < -0.3 is 15.2 Å². The van der Waals surface area contributed by atoms with E-state index in [-0.39, 0.29) is 11.8 Å². The second kappa shape index (κ2) is 9.92. The van der Waals surface area contributed by atoms with E-state index < -0.39 is 6.10 Å². The van der Waals surface area contributed by atoms with Crippen molar-refractivity contribution in [3.63, 3.8) is 0 Å². The summed E-state index contributed by atoms with van der Waals surface area (Å²) in [5, 5.41) is 14.1. The van der Waals surface area contributed by atoms with Gasteiger partial charge in [0.15, 0.2) is 0 Å². The van der Waals surface area contributed by atoms with Crippen LogP contribution in [0, 0.1) is 5.92 Å². The number of nitrogens with zero attached hydrogens (tertiary/aromatic N) is 1. The number of hydrogen-bond donors (Lipinski definition) is 2. The van der Waals surface area contributed by atoms with Crippen LogP contribution < -0.4 is 10.1 Å². The Morgan fingerprint density at radius 1 is 1.25 bits per heavy atom. The number of piperidine rings is 1. The van der Waals surface area contributed by atoms with Crippen LogP contribution in [-0.4, -0.2) is 42.7 Å². The van der Waals surface area contributed by atoms with Crippen molar-refractivity contribution in [2.75, 3.05) is 26.7 Å². The first-order chi connectivity index (χ1) is 13.6. The van der Waals surface area contributed by atoms with Gasteiger partial charge in [-0.2, -0.15) is 0 Å². The summed E-state index contributed by atoms with van der Waals surface area (Å²) in [6.07, 6.45) is 1.32. The summed E-state index contributed by atoms with van der Waals surface area (Å²) in [6.45, 7) is 2.35. The van der Waals surface area contributed by atoms with E-state index in [9.17, 15) is 9.90 Å². The molecule has 2 aromatic rings. The smallest absolute Gasteiger partial charge is 0.234 e. The number of aliphatic hydroxyl groups is 1. The zero-order chi connectivity index (χ0) is 19.9. The lowest BCUT2D eigenvalue weighted by atomic mass is 9.87. The van der Waals surface area contributed by atoms with Gasteiger partial charge in [0, 0.05) is 17.1 Å². The minimum Gasteiger partial charge on any atom is -0.496 e. The van der Waals surface area contributed by atoms with E-state index in [1.807, 2.05) is 30.3 Å². The molecule has 1 amide bonds. The number of nitrogens with one attached hydrogen (secondary N) is 1. The summed E-state index contributed by atoms with van der Waals surface area (Å²) in [4.78, 5) is 14.5. The number of likely N-dealkylation sites (tertiary alicyclic amines) is 1. The Hall–Kier alpha value is -2.08. The number of aliphatic hydroxyl groups excluding tert-OH is 1. The molecule has 0 spiro atoms. The molecule has 0 radical (unpaired) electrons. The summed E-state index contributed by atoms with van der Waals surface area (Å²) in [6, 6.07) is 15.2. The lowest BCUT2D eigenvalue weighted by Gasteiger charge is -2.34. The first-order valence-corrected chi connectivity index (χ1v) is 9.99. The number of ether oxygens (including phenoxy) is 1. The number of hydrogen-bond acceptors (Lipinski definition) is 4. The van der Waals surface area contributed by atoms with Crippen LogP contribution in [-0.2, 0) is 11.3 Å². The number of amides is 1. The van der Waals surface area contributed by atoms with Gasteiger partial charge in [-0.05, 0) is 55.6 Å². The van der Waals surface area contributed by atoms with Gasteiger partial charge in [-0.25, -0.2) is 0 Å². The summed E-state index contributed by atoms with van der Waals surface area (Å²) >= 11 is 6.03. The SMILES string of the molecule is COc1ccc(Cl)cc1CNC(=O)CN1CCC(C(O)c2ccccc2)CC1. The van der Waals surface area contributed by atoms with Crippen LogP contribution in [0.15, 0.2) is 48.5 Å². The molecule has 1 fully saturated rings. The molecular formula is C22H27ClN2O3. The second-order valence-electron chi connectivity index (χ2n) is 7.20. The second-order valence-corrected chi connectivity index (χ2v) is 7.64.